The summed E-state index contributed by atoms with van der Waals surface area (Å²) in [7, 11) is 0. The van der Waals surface area contributed by atoms with Crippen LogP contribution in [0.3, 0.4) is 0 Å². The van der Waals surface area contributed by atoms with Crippen LogP contribution in [0.1, 0.15) is 37.0 Å². The Bertz CT molecular complexity index is 641. The highest BCUT2D eigenvalue weighted by molar-refractivity contribution is 5.96. The van der Waals surface area contributed by atoms with E-state index in [9.17, 15) is 9.59 Å². The third-order valence-corrected chi connectivity index (χ3v) is 3.21. The van der Waals surface area contributed by atoms with Gasteiger partial charge in [-0.3, -0.25) is 4.79 Å². The Morgan fingerprint density at radius 3 is 2.63 bits per heavy atom. The maximum atomic E-state index is 12.1. The summed E-state index contributed by atoms with van der Waals surface area (Å²) in [6, 6.07) is 8.81. The van der Waals surface area contributed by atoms with Crippen LogP contribution in [0.15, 0.2) is 39.5 Å². The predicted molar refractivity (Wildman–Crippen MR) is 74.3 cm³/mol. The lowest BCUT2D eigenvalue weighted by Crippen LogP contribution is -2.36. The van der Waals surface area contributed by atoms with Gasteiger partial charge in [0.2, 0.25) is 0 Å². The van der Waals surface area contributed by atoms with Crippen LogP contribution in [-0.4, -0.2) is 11.9 Å². The van der Waals surface area contributed by atoms with Gasteiger partial charge in [-0.1, -0.05) is 32.0 Å². The van der Waals surface area contributed by atoms with Crippen molar-refractivity contribution in [2.24, 2.45) is 0 Å². The van der Waals surface area contributed by atoms with Gasteiger partial charge in [-0.25, -0.2) is 4.79 Å². The van der Waals surface area contributed by atoms with E-state index >= 15 is 0 Å². The number of nitrogens with one attached hydrogen (secondary N) is 1. The van der Waals surface area contributed by atoms with Gasteiger partial charge in [0, 0.05) is 11.4 Å². The number of hydrogen-bond donors (Lipinski definition) is 1. The summed E-state index contributed by atoms with van der Waals surface area (Å²) in [6.45, 7) is 3.99. The fourth-order valence-electron chi connectivity index (χ4n) is 1.98. The quantitative estimate of drug-likeness (QED) is 0.859. The van der Waals surface area contributed by atoms with Gasteiger partial charge in [0.25, 0.3) is 5.91 Å². The summed E-state index contributed by atoms with van der Waals surface area (Å²) in [5.41, 5.74) is -0.0423. The molecule has 0 bridgehead atoms. The van der Waals surface area contributed by atoms with E-state index in [2.05, 4.69) is 5.32 Å². The molecule has 2 aromatic rings. The number of amides is 1. The maximum absolute atomic E-state index is 12.1. The van der Waals surface area contributed by atoms with Gasteiger partial charge in [0.1, 0.15) is 11.1 Å². The Morgan fingerprint density at radius 2 is 1.95 bits per heavy atom. The molecule has 2 rings (SSSR count). The second-order valence-corrected chi connectivity index (χ2v) is 4.47. The minimum Gasteiger partial charge on any atom is -0.422 e. The molecule has 0 radical (unpaired) electrons. The van der Waals surface area contributed by atoms with Crippen molar-refractivity contribution in [2.75, 3.05) is 0 Å². The minimum absolute atomic E-state index is 0.0607. The standard InChI is InChI=1S/C15H17NO3/c1-3-11(4-2)16-14(17)12-9-10-7-5-6-8-13(10)19-15(12)18/h5-9,11H,3-4H2,1-2H3,(H,16,17). The highest BCUT2D eigenvalue weighted by atomic mass is 16.4. The number of hydrogen-bond acceptors (Lipinski definition) is 3. The first kappa shape index (κ1) is 13.3. The molecule has 1 heterocycles. The molecule has 1 aromatic carbocycles. The number of carbonyl (C=O) groups excluding carboxylic acids is 1. The fourth-order valence-corrected chi connectivity index (χ4v) is 1.98. The van der Waals surface area contributed by atoms with Gasteiger partial charge < -0.3 is 9.73 Å². The van der Waals surface area contributed by atoms with E-state index in [1.807, 2.05) is 26.0 Å². The molecule has 100 valence electrons. The molecule has 1 aromatic heterocycles. The molecule has 0 unspecified atom stereocenters. The number of rotatable bonds is 4. The number of carbonyl (C=O) groups is 1. The molecule has 19 heavy (non-hydrogen) atoms. The summed E-state index contributed by atoms with van der Waals surface area (Å²) >= 11 is 0. The Labute approximate surface area is 111 Å². The van der Waals surface area contributed by atoms with Gasteiger partial charge in [-0.2, -0.15) is 0 Å². The molecule has 0 atom stereocenters. The van der Waals surface area contributed by atoms with E-state index in [0.29, 0.717) is 5.58 Å². The molecule has 1 N–H and O–H groups in total. The number of fused-ring (bicyclic) bond motifs is 1. The molecule has 0 aliphatic carbocycles. The Balaban J connectivity index is 2.36. The molecule has 0 fully saturated rings. The van der Waals surface area contributed by atoms with Gasteiger partial charge in [-0.05, 0) is 25.0 Å². The predicted octanol–water partition coefficient (Wildman–Crippen LogP) is 2.71. The van der Waals surface area contributed by atoms with Gasteiger partial charge >= 0.3 is 5.63 Å². The summed E-state index contributed by atoms with van der Waals surface area (Å²) in [4.78, 5) is 23.9. The Kier molecular flexibility index (Phi) is 4.00. The molecule has 0 aliphatic rings. The minimum atomic E-state index is -0.595. The van der Waals surface area contributed by atoms with Crippen molar-refractivity contribution in [3.05, 3.63) is 46.3 Å². The van der Waals surface area contributed by atoms with Crippen LogP contribution in [0.25, 0.3) is 11.0 Å². The van der Waals surface area contributed by atoms with Crippen LogP contribution in [0.4, 0.5) is 0 Å². The van der Waals surface area contributed by atoms with Crippen molar-refractivity contribution in [2.45, 2.75) is 32.7 Å². The summed E-state index contributed by atoms with van der Waals surface area (Å²) < 4.78 is 5.15. The first-order chi connectivity index (χ1) is 9.15. The molecule has 4 heteroatoms. The SMILES string of the molecule is CCC(CC)NC(=O)c1cc2ccccc2oc1=O. The summed E-state index contributed by atoms with van der Waals surface area (Å²) in [5.74, 6) is -0.367. The summed E-state index contributed by atoms with van der Waals surface area (Å²) in [5, 5.41) is 3.59. The molecule has 0 saturated heterocycles. The topological polar surface area (TPSA) is 59.3 Å². The van der Waals surface area contributed by atoms with E-state index in [-0.39, 0.29) is 17.5 Å². The van der Waals surface area contributed by atoms with E-state index in [1.54, 1.807) is 18.2 Å². The average Bonchev–Trinajstić information content (AvgIpc) is 2.43. The van der Waals surface area contributed by atoms with Crippen molar-refractivity contribution < 1.29 is 9.21 Å². The van der Waals surface area contributed by atoms with Crippen LogP contribution in [0.5, 0.6) is 0 Å². The van der Waals surface area contributed by atoms with Crippen molar-refractivity contribution in [1.29, 1.82) is 0 Å². The average molecular weight is 259 g/mol. The fraction of sp³-hybridized carbons (Fsp3) is 0.333. The zero-order chi connectivity index (χ0) is 13.8. The van der Waals surface area contributed by atoms with Crippen LogP contribution in [0, 0.1) is 0 Å². The molecule has 0 aliphatic heterocycles. The first-order valence-electron chi connectivity index (χ1n) is 6.49. The molecule has 1 amide bonds. The van der Waals surface area contributed by atoms with Gasteiger partial charge in [0.05, 0.1) is 0 Å². The van der Waals surface area contributed by atoms with Crippen LogP contribution >= 0.6 is 0 Å². The van der Waals surface area contributed by atoms with Crippen molar-refractivity contribution in [3.8, 4) is 0 Å². The van der Waals surface area contributed by atoms with Crippen molar-refractivity contribution in [3.63, 3.8) is 0 Å². The summed E-state index contributed by atoms with van der Waals surface area (Å²) in [6.07, 6.45) is 1.67. The Morgan fingerprint density at radius 1 is 1.26 bits per heavy atom. The smallest absolute Gasteiger partial charge is 0.349 e. The first-order valence-corrected chi connectivity index (χ1v) is 6.49. The molecular weight excluding hydrogens is 242 g/mol. The third-order valence-electron chi connectivity index (χ3n) is 3.21. The van der Waals surface area contributed by atoms with Crippen LogP contribution < -0.4 is 10.9 Å². The molecule has 0 saturated carbocycles. The van der Waals surface area contributed by atoms with Gasteiger partial charge in [-0.15, -0.1) is 0 Å². The highest BCUT2D eigenvalue weighted by Gasteiger charge is 2.16. The van der Waals surface area contributed by atoms with E-state index < -0.39 is 5.63 Å². The zero-order valence-electron chi connectivity index (χ0n) is 11.1. The van der Waals surface area contributed by atoms with Gasteiger partial charge in [0.15, 0.2) is 0 Å². The number of para-hydroxylation sites is 1. The monoisotopic (exact) mass is 259 g/mol. The van der Waals surface area contributed by atoms with Crippen LogP contribution in [-0.2, 0) is 0 Å². The van der Waals surface area contributed by atoms with E-state index in [4.69, 9.17) is 4.42 Å². The highest BCUT2D eigenvalue weighted by Crippen LogP contribution is 2.12. The van der Waals surface area contributed by atoms with E-state index in [0.717, 1.165) is 18.2 Å². The normalized spacial score (nSPS) is 10.9. The van der Waals surface area contributed by atoms with Crippen molar-refractivity contribution >= 4 is 16.9 Å². The lowest BCUT2D eigenvalue weighted by molar-refractivity contribution is 0.0931. The maximum Gasteiger partial charge on any atom is 0.349 e. The lowest BCUT2D eigenvalue weighted by atomic mass is 10.1. The lowest BCUT2D eigenvalue weighted by Gasteiger charge is -2.14. The molecule has 4 nitrogen and oxygen atoms in total. The van der Waals surface area contributed by atoms with E-state index in [1.165, 1.54) is 0 Å². The van der Waals surface area contributed by atoms with Crippen molar-refractivity contribution in [1.82, 2.24) is 5.32 Å². The zero-order valence-corrected chi connectivity index (χ0v) is 11.1. The largest absolute Gasteiger partial charge is 0.422 e. The van der Waals surface area contributed by atoms with Crippen LogP contribution in [0.2, 0.25) is 0 Å². The Hall–Kier alpha value is -2.10. The second-order valence-electron chi connectivity index (χ2n) is 4.47. The second kappa shape index (κ2) is 5.69. The number of benzene rings is 1. The third kappa shape index (κ3) is 2.84. The molecule has 0 spiro atoms. The molecular formula is C15H17NO3.